The van der Waals surface area contributed by atoms with Gasteiger partial charge in [0.05, 0.1) is 5.56 Å². The van der Waals surface area contributed by atoms with Crippen LogP contribution in [0, 0.1) is 5.82 Å². The zero-order valence-electron chi connectivity index (χ0n) is 10.7. The van der Waals surface area contributed by atoms with Gasteiger partial charge in [0.2, 0.25) is 0 Å². The predicted molar refractivity (Wildman–Crippen MR) is 73.2 cm³/mol. The Morgan fingerprint density at radius 3 is 2.32 bits per heavy atom. The quantitative estimate of drug-likeness (QED) is 0.621. The zero-order chi connectivity index (χ0) is 14.0. The van der Waals surface area contributed by atoms with Crippen LogP contribution in [0.25, 0.3) is 0 Å². The van der Waals surface area contributed by atoms with Crippen LogP contribution in [0.2, 0.25) is 5.15 Å². The van der Waals surface area contributed by atoms with Crippen molar-refractivity contribution in [3.05, 3.63) is 64.2 Å². The molecule has 0 N–H and O–H groups in total. The summed E-state index contributed by atoms with van der Waals surface area (Å²) in [6, 6.07) is 8.81. The standard InChI is InChI=1S/C15H13ClFNO/c1-9(2)13-8-7-12(15(16)18-13)14(19)10-3-5-11(17)6-4-10/h3-9H,1-2H3. The fourth-order valence-electron chi connectivity index (χ4n) is 1.70. The number of carbonyl (C=O) groups excluding carboxylic acids is 1. The Morgan fingerprint density at radius 1 is 1.16 bits per heavy atom. The largest absolute Gasteiger partial charge is 0.288 e. The number of carbonyl (C=O) groups is 1. The van der Waals surface area contributed by atoms with Gasteiger partial charge in [0.15, 0.2) is 5.78 Å². The molecule has 1 heterocycles. The monoisotopic (exact) mass is 277 g/mol. The average molecular weight is 278 g/mol. The molecular weight excluding hydrogens is 265 g/mol. The average Bonchev–Trinajstić information content (AvgIpc) is 2.38. The first-order valence-electron chi connectivity index (χ1n) is 5.95. The van der Waals surface area contributed by atoms with Crippen molar-refractivity contribution in [2.45, 2.75) is 19.8 Å². The van der Waals surface area contributed by atoms with Crippen LogP contribution in [0.5, 0.6) is 0 Å². The lowest BCUT2D eigenvalue weighted by Gasteiger charge is -2.08. The van der Waals surface area contributed by atoms with Gasteiger partial charge in [0.25, 0.3) is 0 Å². The lowest BCUT2D eigenvalue weighted by atomic mass is 10.0. The van der Waals surface area contributed by atoms with Gasteiger partial charge in [-0.15, -0.1) is 0 Å². The molecule has 98 valence electrons. The summed E-state index contributed by atoms with van der Waals surface area (Å²) in [5, 5.41) is 0.181. The first kappa shape index (κ1) is 13.7. The molecule has 0 aliphatic rings. The van der Waals surface area contributed by atoms with Crippen LogP contribution in [0.4, 0.5) is 4.39 Å². The first-order valence-corrected chi connectivity index (χ1v) is 6.33. The van der Waals surface area contributed by atoms with Gasteiger partial charge in [-0.25, -0.2) is 9.37 Å². The summed E-state index contributed by atoms with van der Waals surface area (Å²) in [7, 11) is 0. The Morgan fingerprint density at radius 2 is 1.79 bits per heavy atom. The minimum atomic E-state index is -0.379. The molecule has 2 nitrogen and oxygen atoms in total. The van der Waals surface area contributed by atoms with E-state index in [1.807, 2.05) is 13.8 Å². The number of ketones is 1. The highest BCUT2D eigenvalue weighted by atomic mass is 35.5. The second-order valence-corrected chi connectivity index (χ2v) is 4.92. The van der Waals surface area contributed by atoms with Crippen LogP contribution in [-0.2, 0) is 0 Å². The van der Waals surface area contributed by atoms with Gasteiger partial charge in [-0.05, 0) is 42.3 Å². The number of pyridine rings is 1. The molecule has 0 fully saturated rings. The number of hydrogen-bond donors (Lipinski definition) is 0. The molecule has 0 unspecified atom stereocenters. The summed E-state index contributed by atoms with van der Waals surface area (Å²) >= 11 is 6.04. The molecule has 19 heavy (non-hydrogen) atoms. The summed E-state index contributed by atoms with van der Waals surface area (Å²) in [6.45, 7) is 4.00. The first-order chi connectivity index (χ1) is 8.99. The molecule has 4 heteroatoms. The number of nitrogens with zero attached hydrogens (tertiary/aromatic N) is 1. The highest BCUT2D eigenvalue weighted by Crippen LogP contribution is 2.21. The maximum absolute atomic E-state index is 12.8. The van der Waals surface area contributed by atoms with Gasteiger partial charge in [0, 0.05) is 11.3 Å². The van der Waals surface area contributed by atoms with E-state index >= 15 is 0 Å². The van der Waals surface area contributed by atoms with Crippen molar-refractivity contribution in [2.75, 3.05) is 0 Å². The van der Waals surface area contributed by atoms with E-state index in [-0.39, 0.29) is 22.7 Å². The van der Waals surface area contributed by atoms with Gasteiger partial charge >= 0.3 is 0 Å². The fourth-order valence-corrected chi connectivity index (χ4v) is 1.94. The van der Waals surface area contributed by atoms with Gasteiger partial charge in [-0.3, -0.25) is 4.79 Å². The Bertz CT molecular complexity index is 608. The van der Waals surface area contributed by atoms with E-state index in [0.29, 0.717) is 11.1 Å². The highest BCUT2D eigenvalue weighted by molar-refractivity contribution is 6.33. The second-order valence-electron chi connectivity index (χ2n) is 4.57. The van der Waals surface area contributed by atoms with Crippen LogP contribution >= 0.6 is 11.6 Å². The Hall–Kier alpha value is -1.74. The molecule has 0 saturated carbocycles. The zero-order valence-corrected chi connectivity index (χ0v) is 11.4. The molecule has 0 saturated heterocycles. The maximum Gasteiger partial charge on any atom is 0.196 e. The van der Waals surface area contributed by atoms with E-state index < -0.39 is 0 Å². The molecule has 0 aliphatic carbocycles. The van der Waals surface area contributed by atoms with Crippen molar-refractivity contribution >= 4 is 17.4 Å². The minimum Gasteiger partial charge on any atom is -0.288 e. The second kappa shape index (κ2) is 5.49. The third-order valence-corrected chi connectivity index (χ3v) is 3.10. The maximum atomic E-state index is 12.8. The number of aromatic nitrogens is 1. The summed E-state index contributed by atoms with van der Waals surface area (Å²) in [5.74, 6) is -0.392. The van der Waals surface area contributed by atoms with E-state index in [1.165, 1.54) is 24.3 Å². The van der Waals surface area contributed by atoms with Crippen molar-refractivity contribution in [1.29, 1.82) is 0 Å². The molecule has 2 rings (SSSR count). The normalized spacial score (nSPS) is 10.8. The van der Waals surface area contributed by atoms with Crippen LogP contribution in [0.3, 0.4) is 0 Å². The fraction of sp³-hybridized carbons (Fsp3) is 0.200. The van der Waals surface area contributed by atoms with Crippen LogP contribution in [0.15, 0.2) is 36.4 Å². The van der Waals surface area contributed by atoms with Crippen molar-refractivity contribution in [3.8, 4) is 0 Å². The lowest BCUT2D eigenvalue weighted by molar-refractivity contribution is 0.103. The van der Waals surface area contributed by atoms with Gasteiger partial charge in [-0.1, -0.05) is 25.4 Å². The molecule has 1 aromatic heterocycles. The minimum absolute atomic E-state index is 0.181. The molecule has 1 aromatic carbocycles. The van der Waals surface area contributed by atoms with E-state index in [0.717, 1.165) is 5.69 Å². The summed E-state index contributed by atoms with van der Waals surface area (Å²) in [6.07, 6.45) is 0. The third-order valence-electron chi connectivity index (χ3n) is 2.81. The van der Waals surface area contributed by atoms with Crippen molar-refractivity contribution in [2.24, 2.45) is 0 Å². The molecule has 0 amide bonds. The molecule has 0 bridgehead atoms. The molecule has 0 atom stereocenters. The van der Waals surface area contributed by atoms with Gasteiger partial charge in [-0.2, -0.15) is 0 Å². The Kier molecular flexibility index (Phi) is 3.96. The molecule has 0 radical (unpaired) electrons. The Balaban J connectivity index is 2.36. The molecule has 0 spiro atoms. The van der Waals surface area contributed by atoms with Gasteiger partial charge < -0.3 is 0 Å². The van der Waals surface area contributed by atoms with Crippen LogP contribution in [0.1, 0.15) is 41.4 Å². The Labute approximate surface area is 116 Å². The number of rotatable bonds is 3. The molecule has 2 aromatic rings. The summed E-state index contributed by atoms with van der Waals surface area (Å²) in [4.78, 5) is 16.4. The van der Waals surface area contributed by atoms with E-state index in [9.17, 15) is 9.18 Å². The van der Waals surface area contributed by atoms with Crippen molar-refractivity contribution in [1.82, 2.24) is 4.98 Å². The molecule has 0 aliphatic heterocycles. The highest BCUT2D eigenvalue weighted by Gasteiger charge is 2.15. The molecular formula is C15H13ClFNO. The number of benzene rings is 1. The predicted octanol–water partition coefficient (Wildman–Crippen LogP) is 4.23. The van der Waals surface area contributed by atoms with Crippen LogP contribution < -0.4 is 0 Å². The van der Waals surface area contributed by atoms with Crippen LogP contribution in [-0.4, -0.2) is 10.8 Å². The van der Waals surface area contributed by atoms with Crippen molar-refractivity contribution < 1.29 is 9.18 Å². The SMILES string of the molecule is CC(C)c1ccc(C(=O)c2ccc(F)cc2)c(Cl)n1. The number of hydrogen-bond acceptors (Lipinski definition) is 2. The summed E-state index contributed by atoms with van der Waals surface area (Å²) in [5.41, 5.74) is 1.56. The topological polar surface area (TPSA) is 30.0 Å². The number of halogens is 2. The third kappa shape index (κ3) is 2.99. The van der Waals surface area contributed by atoms with Gasteiger partial charge in [0.1, 0.15) is 11.0 Å². The van der Waals surface area contributed by atoms with E-state index in [1.54, 1.807) is 12.1 Å². The lowest BCUT2D eigenvalue weighted by Crippen LogP contribution is -2.05. The smallest absolute Gasteiger partial charge is 0.196 e. The van der Waals surface area contributed by atoms with E-state index in [2.05, 4.69) is 4.98 Å². The summed E-state index contributed by atoms with van der Waals surface area (Å²) < 4.78 is 12.8. The van der Waals surface area contributed by atoms with E-state index in [4.69, 9.17) is 11.6 Å². The van der Waals surface area contributed by atoms with Crippen molar-refractivity contribution in [3.63, 3.8) is 0 Å².